The molecule has 1 amide bonds. The summed E-state index contributed by atoms with van der Waals surface area (Å²) in [5, 5.41) is 7.77. The molecule has 1 N–H and O–H groups in total. The van der Waals surface area contributed by atoms with E-state index in [1.54, 1.807) is 36.9 Å². The second-order valence-electron chi connectivity index (χ2n) is 5.92. The summed E-state index contributed by atoms with van der Waals surface area (Å²) < 4.78 is 12.2. The zero-order valence-electron chi connectivity index (χ0n) is 15.9. The largest absolute Gasteiger partial charge is 0.497 e. The number of aryl methyl sites for hydroxylation is 2. The molecule has 3 rings (SSSR count). The summed E-state index contributed by atoms with van der Waals surface area (Å²) in [7, 11) is 3.11. The van der Waals surface area contributed by atoms with Gasteiger partial charge in [-0.1, -0.05) is 11.8 Å². The average Bonchev–Trinajstić information content (AvgIpc) is 3.07. The molecule has 2 aromatic heterocycles. The van der Waals surface area contributed by atoms with Crippen LogP contribution in [0.15, 0.2) is 23.4 Å². The number of ether oxygens (including phenoxy) is 2. The zero-order valence-corrected chi connectivity index (χ0v) is 16.7. The van der Waals surface area contributed by atoms with Gasteiger partial charge in [0.05, 0.1) is 25.7 Å². The molecule has 142 valence electrons. The van der Waals surface area contributed by atoms with Gasteiger partial charge in [0.2, 0.25) is 11.1 Å². The Hall–Kier alpha value is -2.81. The molecule has 0 aliphatic rings. The van der Waals surface area contributed by atoms with E-state index >= 15 is 0 Å². The summed E-state index contributed by atoms with van der Waals surface area (Å²) >= 11 is 1.25. The van der Waals surface area contributed by atoms with E-state index in [1.165, 1.54) is 11.8 Å². The van der Waals surface area contributed by atoms with Crippen molar-refractivity contribution in [2.75, 3.05) is 25.3 Å². The van der Waals surface area contributed by atoms with Crippen molar-refractivity contribution in [2.24, 2.45) is 0 Å². The Morgan fingerprint density at radius 2 is 1.96 bits per heavy atom. The zero-order chi connectivity index (χ0) is 19.6. The number of nitrogens with zero attached hydrogens (tertiary/aromatic N) is 4. The SMILES string of the molecule is COc1ccc(OC)c(NC(=O)CSc2nc3nc(C)c(C)c(C)n3n2)c1. The van der Waals surface area contributed by atoms with E-state index in [9.17, 15) is 4.79 Å². The second kappa shape index (κ2) is 7.83. The highest BCUT2D eigenvalue weighted by Gasteiger charge is 2.14. The predicted molar refractivity (Wildman–Crippen MR) is 104 cm³/mol. The van der Waals surface area contributed by atoms with E-state index < -0.39 is 0 Å². The molecule has 0 saturated carbocycles. The van der Waals surface area contributed by atoms with Crippen LogP contribution in [0.1, 0.15) is 17.0 Å². The Labute approximate surface area is 161 Å². The lowest BCUT2D eigenvalue weighted by Gasteiger charge is -2.11. The molecule has 0 unspecified atom stereocenters. The maximum Gasteiger partial charge on any atom is 0.253 e. The molecule has 0 aliphatic heterocycles. The molecule has 0 radical (unpaired) electrons. The lowest BCUT2D eigenvalue weighted by molar-refractivity contribution is -0.113. The van der Waals surface area contributed by atoms with Gasteiger partial charge in [0.1, 0.15) is 11.5 Å². The van der Waals surface area contributed by atoms with E-state index in [4.69, 9.17) is 9.47 Å². The van der Waals surface area contributed by atoms with Gasteiger partial charge in [-0.05, 0) is 38.5 Å². The van der Waals surface area contributed by atoms with Crippen molar-refractivity contribution < 1.29 is 14.3 Å². The molecule has 3 aromatic rings. The number of thioether (sulfide) groups is 1. The molecule has 0 saturated heterocycles. The van der Waals surface area contributed by atoms with Gasteiger partial charge < -0.3 is 14.8 Å². The normalized spacial score (nSPS) is 10.9. The van der Waals surface area contributed by atoms with Gasteiger partial charge in [-0.25, -0.2) is 9.50 Å². The van der Waals surface area contributed by atoms with Crippen molar-refractivity contribution in [3.8, 4) is 11.5 Å². The summed E-state index contributed by atoms with van der Waals surface area (Å²) in [6.45, 7) is 5.92. The van der Waals surface area contributed by atoms with Crippen LogP contribution in [-0.2, 0) is 4.79 Å². The maximum atomic E-state index is 12.3. The number of fused-ring (bicyclic) bond motifs is 1. The third-order valence-corrected chi connectivity index (χ3v) is 5.09. The second-order valence-corrected chi connectivity index (χ2v) is 6.86. The number of carbonyl (C=O) groups is 1. The van der Waals surface area contributed by atoms with Crippen LogP contribution in [0.4, 0.5) is 5.69 Å². The van der Waals surface area contributed by atoms with Gasteiger partial charge in [-0.3, -0.25) is 4.79 Å². The van der Waals surface area contributed by atoms with Crippen LogP contribution in [0.25, 0.3) is 5.78 Å². The van der Waals surface area contributed by atoms with E-state index in [1.807, 2.05) is 20.8 Å². The summed E-state index contributed by atoms with van der Waals surface area (Å²) in [4.78, 5) is 21.2. The van der Waals surface area contributed by atoms with Gasteiger partial charge in [-0.15, -0.1) is 5.10 Å². The molecular weight excluding hydrogens is 366 g/mol. The number of aromatic nitrogens is 4. The van der Waals surface area contributed by atoms with Crippen molar-refractivity contribution in [1.29, 1.82) is 0 Å². The molecule has 0 bridgehead atoms. The van der Waals surface area contributed by atoms with Gasteiger partial charge in [-0.2, -0.15) is 4.98 Å². The number of carbonyl (C=O) groups excluding carboxylic acids is 1. The van der Waals surface area contributed by atoms with E-state index in [0.717, 1.165) is 17.0 Å². The van der Waals surface area contributed by atoms with Crippen LogP contribution >= 0.6 is 11.8 Å². The highest BCUT2D eigenvalue weighted by atomic mass is 32.2. The number of amides is 1. The lowest BCUT2D eigenvalue weighted by atomic mass is 10.2. The minimum Gasteiger partial charge on any atom is -0.497 e. The monoisotopic (exact) mass is 387 g/mol. The number of rotatable bonds is 6. The van der Waals surface area contributed by atoms with Crippen LogP contribution in [0, 0.1) is 20.8 Å². The minimum absolute atomic E-state index is 0.161. The fourth-order valence-electron chi connectivity index (χ4n) is 2.53. The highest BCUT2D eigenvalue weighted by Crippen LogP contribution is 2.29. The van der Waals surface area contributed by atoms with Gasteiger partial charge >= 0.3 is 0 Å². The van der Waals surface area contributed by atoms with Crippen molar-refractivity contribution >= 4 is 29.1 Å². The van der Waals surface area contributed by atoms with Gasteiger partial charge in [0, 0.05) is 17.5 Å². The molecule has 2 heterocycles. The quantitative estimate of drug-likeness (QED) is 0.650. The summed E-state index contributed by atoms with van der Waals surface area (Å²) in [5.41, 5.74) is 3.54. The number of hydrogen-bond donors (Lipinski definition) is 1. The molecule has 0 aliphatic carbocycles. The Bertz CT molecular complexity index is 1000. The van der Waals surface area contributed by atoms with Gasteiger partial charge in [0.25, 0.3) is 5.78 Å². The Morgan fingerprint density at radius 3 is 2.67 bits per heavy atom. The Kier molecular flexibility index (Phi) is 5.50. The van der Waals surface area contributed by atoms with E-state index in [-0.39, 0.29) is 11.7 Å². The molecule has 0 spiro atoms. The number of hydrogen-bond acceptors (Lipinski definition) is 7. The first-order chi connectivity index (χ1) is 12.9. The number of nitrogens with one attached hydrogen (secondary N) is 1. The van der Waals surface area contributed by atoms with Gasteiger partial charge in [0.15, 0.2) is 0 Å². The molecule has 9 heteroatoms. The third-order valence-electron chi connectivity index (χ3n) is 4.25. The molecule has 8 nitrogen and oxygen atoms in total. The fourth-order valence-corrected chi connectivity index (χ4v) is 3.14. The van der Waals surface area contributed by atoms with Crippen LogP contribution in [-0.4, -0.2) is 45.5 Å². The number of benzene rings is 1. The Morgan fingerprint density at radius 1 is 1.19 bits per heavy atom. The first kappa shape index (κ1) is 19.0. The Balaban J connectivity index is 1.71. The molecule has 1 aromatic carbocycles. The smallest absolute Gasteiger partial charge is 0.253 e. The number of anilines is 1. The minimum atomic E-state index is -0.192. The summed E-state index contributed by atoms with van der Waals surface area (Å²) in [6, 6.07) is 5.22. The first-order valence-corrected chi connectivity index (χ1v) is 9.26. The van der Waals surface area contributed by atoms with Crippen molar-refractivity contribution in [3.63, 3.8) is 0 Å². The van der Waals surface area contributed by atoms with Crippen LogP contribution in [0.2, 0.25) is 0 Å². The van der Waals surface area contributed by atoms with Crippen LogP contribution < -0.4 is 14.8 Å². The topological polar surface area (TPSA) is 90.6 Å². The van der Waals surface area contributed by atoms with Crippen molar-refractivity contribution in [2.45, 2.75) is 25.9 Å². The van der Waals surface area contributed by atoms with Crippen molar-refractivity contribution in [1.82, 2.24) is 19.6 Å². The molecular formula is C18H21N5O3S. The third kappa shape index (κ3) is 3.97. The molecule has 0 fully saturated rings. The van der Waals surface area contributed by atoms with Crippen LogP contribution in [0.3, 0.4) is 0 Å². The number of methoxy groups -OCH3 is 2. The molecule has 0 atom stereocenters. The summed E-state index contributed by atoms with van der Waals surface area (Å²) in [5.74, 6) is 1.70. The average molecular weight is 387 g/mol. The first-order valence-electron chi connectivity index (χ1n) is 8.28. The predicted octanol–water partition coefficient (Wildman–Crippen LogP) is 2.80. The standard InChI is InChI=1S/C18H21N5O3S/c1-10-11(2)19-17-21-18(22-23(17)12(10)3)27-9-16(24)20-14-8-13(25-4)6-7-15(14)26-5/h6-8H,9H2,1-5H3,(H,20,24). The highest BCUT2D eigenvalue weighted by molar-refractivity contribution is 7.99. The molecule has 27 heavy (non-hydrogen) atoms. The van der Waals surface area contributed by atoms with Crippen LogP contribution in [0.5, 0.6) is 11.5 Å². The van der Waals surface area contributed by atoms with Crippen molar-refractivity contribution in [3.05, 3.63) is 35.2 Å². The fraction of sp³-hybridized carbons (Fsp3) is 0.333. The maximum absolute atomic E-state index is 12.3. The van der Waals surface area contributed by atoms with E-state index in [2.05, 4.69) is 20.4 Å². The summed E-state index contributed by atoms with van der Waals surface area (Å²) in [6.07, 6.45) is 0. The van der Waals surface area contributed by atoms with E-state index in [0.29, 0.717) is 28.1 Å². The lowest BCUT2D eigenvalue weighted by Crippen LogP contribution is -2.15.